The second-order valence-corrected chi connectivity index (χ2v) is 4.93. The second-order valence-electron chi connectivity index (χ2n) is 4.14. The SMILES string of the molecule is O=C(Nc1cccc(Cl)c1Cl)c1cnn2ccccc12. The summed E-state index contributed by atoms with van der Waals surface area (Å²) in [6.07, 6.45) is 3.29. The number of rotatable bonds is 2. The molecule has 20 heavy (non-hydrogen) atoms. The molecule has 0 bridgehead atoms. The molecule has 0 saturated heterocycles. The molecule has 0 fully saturated rings. The fraction of sp³-hybridized carbons (Fsp3) is 0. The predicted octanol–water partition coefficient (Wildman–Crippen LogP) is 3.89. The van der Waals surface area contributed by atoms with E-state index >= 15 is 0 Å². The number of hydrogen-bond acceptors (Lipinski definition) is 2. The molecule has 1 amide bonds. The topological polar surface area (TPSA) is 46.4 Å². The van der Waals surface area contributed by atoms with Crippen molar-refractivity contribution in [2.24, 2.45) is 0 Å². The Kier molecular flexibility index (Phi) is 3.34. The summed E-state index contributed by atoms with van der Waals surface area (Å²) in [7, 11) is 0. The van der Waals surface area contributed by atoms with E-state index < -0.39 is 0 Å². The van der Waals surface area contributed by atoms with Gasteiger partial charge in [0, 0.05) is 6.20 Å². The van der Waals surface area contributed by atoms with E-state index in [2.05, 4.69) is 10.4 Å². The van der Waals surface area contributed by atoms with Gasteiger partial charge < -0.3 is 5.32 Å². The van der Waals surface area contributed by atoms with E-state index in [1.165, 1.54) is 6.20 Å². The maximum absolute atomic E-state index is 12.3. The van der Waals surface area contributed by atoms with Crippen LogP contribution in [0.3, 0.4) is 0 Å². The van der Waals surface area contributed by atoms with Crippen molar-refractivity contribution in [3.8, 4) is 0 Å². The molecule has 1 aromatic carbocycles. The van der Waals surface area contributed by atoms with Crippen LogP contribution in [0.4, 0.5) is 5.69 Å². The number of aromatic nitrogens is 2. The van der Waals surface area contributed by atoms with Gasteiger partial charge >= 0.3 is 0 Å². The number of hydrogen-bond donors (Lipinski definition) is 1. The van der Waals surface area contributed by atoms with Crippen molar-refractivity contribution in [3.63, 3.8) is 0 Å². The molecule has 6 heteroatoms. The Bertz CT molecular complexity index is 798. The molecule has 3 aromatic rings. The van der Waals surface area contributed by atoms with Gasteiger partial charge in [0.15, 0.2) is 0 Å². The third-order valence-corrected chi connectivity index (χ3v) is 3.69. The first-order valence-corrected chi connectivity index (χ1v) is 6.60. The number of fused-ring (bicyclic) bond motifs is 1. The molecule has 0 aliphatic heterocycles. The van der Waals surface area contributed by atoms with Gasteiger partial charge in [0.05, 0.1) is 33.0 Å². The van der Waals surface area contributed by atoms with Crippen LogP contribution in [0.5, 0.6) is 0 Å². The van der Waals surface area contributed by atoms with E-state index in [1.54, 1.807) is 28.9 Å². The number of carbonyl (C=O) groups is 1. The van der Waals surface area contributed by atoms with Gasteiger partial charge in [-0.3, -0.25) is 4.79 Å². The predicted molar refractivity (Wildman–Crippen MR) is 79.6 cm³/mol. The summed E-state index contributed by atoms with van der Waals surface area (Å²) in [5.74, 6) is -0.282. The second kappa shape index (κ2) is 5.15. The summed E-state index contributed by atoms with van der Waals surface area (Å²) in [4.78, 5) is 12.3. The van der Waals surface area contributed by atoms with Crippen LogP contribution in [-0.4, -0.2) is 15.5 Å². The molecule has 0 radical (unpaired) electrons. The number of nitrogens with zero attached hydrogens (tertiary/aromatic N) is 2. The molecule has 0 spiro atoms. The highest BCUT2D eigenvalue weighted by atomic mass is 35.5. The van der Waals surface area contributed by atoms with E-state index in [-0.39, 0.29) is 5.91 Å². The summed E-state index contributed by atoms with van der Waals surface area (Å²) < 4.78 is 1.63. The fourth-order valence-corrected chi connectivity index (χ4v) is 2.25. The summed E-state index contributed by atoms with van der Waals surface area (Å²) in [5.41, 5.74) is 1.67. The molecule has 4 nitrogen and oxygen atoms in total. The minimum atomic E-state index is -0.282. The normalized spacial score (nSPS) is 10.7. The van der Waals surface area contributed by atoms with Gasteiger partial charge in [-0.1, -0.05) is 35.3 Å². The minimum Gasteiger partial charge on any atom is -0.320 e. The lowest BCUT2D eigenvalue weighted by Crippen LogP contribution is -2.12. The van der Waals surface area contributed by atoms with Crippen LogP contribution in [0.2, 0.25) is 10.0 Å². The van der Waals surface area contributed by atoms with Gasteiger partial charge in [0.1, 0.15) is 0 Å². The lowest BCUT2D eigenvalue weighted by atomic mass is 10.2. The molecule has 2 aromatic heterocycles. The van der Waals surface area contributed by atoms with E-state index in [0.29, 0.717) is 21.3 Å². The maximum atomic E-state index is 12.3. The van der Waals surface area contributed by atoms with Gasteiger partial charge in [-0.05, 0) is 24.3 Å². The number of halogens is 2. The molecule has 0 atom stereocenters. The summed E-state index contributed by atoms with van der Waals surface area (Å²) in [5, 5.41) is 7.57. The average Bonchev–Trinajstić information content (AvgIpc) is 2.88. The van der Waals surface area contributed by atoms with Gasteiger partial charge in [-0.25, -0.2) is 4.52 Å². The maximum Gasteiger partial charge on any atom is 0.259 e. The van der Waals surface area contributed by atoms with Crippen LogP contribution in [0.25, 0.3) is 5.52 Å². The zero-order valence-corrected chi connectivity index (χ0v) is 11.7. The summed E-state index contributed by atoms with van der Waals surface area (Å²) >= 11 is 12.0. The smallest absolute Gasteiger partial charge is 0.259 e. The molecule has 0 aliphatic rings. The number of carbonyl (C=O) groups excluding carboxylic acids is 1. The Morgan fingerprint density at radius 2 is 2.00 bits per heavy atom. The number of benzene rings is 1. The highest BCUT2D eigenvalue weighted by molar-refractivity contribution is 6.44. The third-order valence-electron chi connectivity index (χ3n) is 2.87. The van der Waals surface area contributed by atoms with Crippen LogP contribution < -0.4 is 5.32 Å². The Labute approximate surface area is 124 Å². The van der Waals surface area contributed by atoms with Crippen molar-refractivity contribution < 1.29 is 4.79 Å². The number of anilines is 1. The third kappa shape index (κ3) is 2.24. The fourth-order valence-electron chi connectivity index (χ4n) is 1.90. The minimum absolute atomic E-state index is 0.282. The quantitative estimate of drug-likeness (QED) is 0.780. The van der Waals surface area contributed by atoms with Gasteiger partial charge in [0.2, 0.25) is 0 Å². The number of pyridine rings is 1. The largest absolute Gasteiger partial charge is 0.320 e. The first-order valence-electron chi connectivity index (χ1n) is 5.84. The molecule has 0 unspecified atom stereocenters. The monoisotopic (exact) mass is 305 g/mol. The molecule has 0 aliphatic carbocycles. The lowest BCUT2D eigenvalue weighted by Gasteiger charge is -2.07. The summed E-state index contributed by atoms with van der Waals surface area (Å²) in [6, 6.07) is 10.6. The van der Waals surface area contributed by atoms with Crippen LogP contribution in [0.15, 0.2) is 48.8 Å². The Hall–Kier alpha value is -2.04. The van der Waals surface area contributed by atoms with Crippen molar-refractivity contribution in [2.75, 3.05) is 5.32 Å². The number of amides is 1. The Morgan fingerprint density at radius 3 is 2.85 bits per heavy atom. The molecule has 1 N–H and O–H groups in total. The zero-order chi connectivity index (χ0) is 14.1. The average molecular weight is 306 g/mol. The Balaban J connectivity index is 1.95. The molecule has 0 saturated carbocycles. The lowest BCUT2D eigenvalue weighted by molar-refractivity contribution is 0.102. The molecular formula is C14H9Cl2N3O. The van der Waals surface area contributed by atoms with Crippen LogP contribution >= 0.6 is 23.2 Å². The van der Waals surface area contributed by atoms with Crippen molar-refractivity contribution >= 4 is 40.3 Å². The molecule has 2 heterocycles. The standard InChI is InChI=1S/C14H9Cl2N3O/c15-10-4-3-5-11(13(10)16)18-14(20)9-8-17-19-7-2-1-6-12(9)19/h1-8H,(H,18,20). The molecular weight excluding hydrogens is 297 g/mol. The summed E-state index contributed by atoms with van der Waals surface area (Å²) in [6.45, 7) is 0. The Morgan fingerprint density at radius 1 is 1.15 bits per heavy atom. The van der Waals surface area contributed by atoms with Crippen LogP contribution in [0.1, 0.15) is 10.4 Å². The highest BCUT2D eigenvalue weighted by Gasteiger charge is 2.14. The highest BCUT2D eigenvalue weighted by Crippen LogP contribution is 2.30. The van der Waals surface area contributed by atoms with Gasteiger partial charge in [0.25, 0.3) is 5.91 Å². The van der Waals surface area contributed by atoms with Gasteiger partial charge in [-0.2, -0.15) is 5.10 Å². The molecule has 3 rings (SSSR count). The zero-order valence-electron chi connectivity index (χ0n) is 10.2. The van der Waals surface area contributed by atoms with Crippen molar-refractivity contribution in [1.29, 1.82) is 0 Å². The first-order chi connectivity index (χ1) is 9.66. The van der Waals surface area contributed by atoms with E-state index in [0.717, 1.165) is 5.52 Å². The van der Waals surface area contributed by atoms with Gasteiger partial charge in [-0.15, -0.1) is 0 Å². The van der Waals surface area contributed by atoms with Crippen molar-refractivity contribution in [2.45, 2.75) is 0 Å². The van der Waals surface area contributed by atoms with E-state index in [9.17, 15) is 4.79 Å². The van der Waals surface area contributed by atoms with Crippen LogP contribution in [-0.2, 0) is 0 Å². The van der Waals surface area contributed by atoms with E-state index in [1.807, 2.05) is 18.2 Å². The number of nitrogens with one attached hydrogen (secondary N) is 1. The van der Waals surface area contributed by atoms with Crippen molar-refractivity contribution in [1.82, 2.24) is 9.61 Å². The molecule has 100 valence electrons. The van der Waals surface area contributed by atoms with Crippen LogP contribution in [0, 0.1) is 0 Å². The first kappa shape index (κ1) is 13.0. The van der Waals surface area contributed by atoms with Crippen molar-refractivity contribution in [3.05, 3.63) is 64.4 Å². The van der Waals surface area contributed by atoms with E-state index in [4.69, 9.17) is 23.2 Å².